The number of benzene rings is 1. The van der Waals surface area contributed by atoms with Gasteiger partial charge in [0.1, 0.15) is 5.75 Å². The Morgan fingerprint density at radius 2 is 2.00 bits per heavy atom. The highest BCUT2D eigenvalue weighted by Gasteiger charge is 2.21. The molecule has 1 N–H and O–H groups in total. The Balaban J connectivity index is 1.46. The van der Waals surface area contributed by atoms with Gasteiger partial charge in [0.15, 0.2) is 0 Å². The first kappa shape index (κ1) is 18.7. The van der Waals surface area contributed by atoms with Crippen LogP contribution >= 0.6 is 11.6 Å². The maximum atomic E-state index is 12.5. The van der Waals surface area contributed by atoms with Crippen LogP contribution in [0.2, 0.25) is 5.02 Å². The number of nitrogens with one attached hydrogen (secondary N) is 1. The standard InChI is InChI=1S/C20H24ClN3O2/c1-26-19-3-2-17(21)12-18(19)20(25)23-13-15-6-10-24(11-7-15)14-16-4-8-22-9-5-16/h2-5,8-9,12,15H,6-7,10-11,13-14H2,1H3,(H,23,25). The fraction of sp³-hybridized carbons (Fsp3) is 0.400. The normalized spacial score (nSPS) is 15.6. The Kier molecular flexibility index (Phi) is 6.47. The molecule has 1 aliphatic rings. The zero-order valence-corrected chi connectivity index (χ0v) is 15.7. The lowest BCUT2D eigenvalue weighted by atomic mass is 9.96. The van der Waals surface area contributed by atoms with Gasteiger partial charge in [-0.15, -0.1) is 0 Å². The van der Waals surface area contributed by atoms with Crippen molar-refractivity contribution in [2.75, 3.05) is 26.7 Å². The van der Waals surface area contributed by atoms with Crippen molar-refractivity contribution in [3.05, 3.63) is 58.9 Å². The third kappa shape index (κ3) is 4.96. The van der Waals surface area contributed by atoms with E-state index in [0.29, 0.717) is 28.8 Å². The van der Waals surface area contributed by atoms with E-state index in [1.165, 1.54) is 5.56 Å². The molecular weight excluding hydrogens is 350 g/mol. The lowest BCUT2D eigenvalue weighted by molar-refractivity contribution is 0.0932. The van der Waals surface area contributed by atoms with Gasteiger partial charge >= 0.3 is 0 Å². The molecule has 1 fully saturated rings. The summed E-state index contributed by atoms with van der Waals surface area (Å²) in [6.45, 7) is 3.73. The molecule has 6 heteroatoms. The van der Waals surface area contributed by atoms with Crippen LogP contribution in [-0.4, -0.2) is 42.5 Å². The van der Waals surface area contributed by atoms with E-state index >= 15 is 0 Å². The van der Waals surface area contributed by atoms with Crippen LogP contribution in [0.15, 0.2) is 42.7 Å². The van der Waals surface area contributed by atoms with Crippen molar-refractivity contribution < 1.29 is 9.53 Å². The van der Waals surface area contributed by atoms with Gasteiger partial charge in [0.25, 0.3) is 5.91 Å². The van der Waals surface area contributed by atoms with Crippen molar-refractivity contribution in [2.24, 2.45) is 5.92 Å². The second-order valence-electron chi connectivity index (χ2n) is 6.63. The SMILES string of the molecule is COc1ccc(Cl)cc1C(=O)NCC1CCN(Cc2ccncc2)CC1. The van der Waals surface area contributed by atoms with Crippen molar-refractivity contribution in [3.63, 3.8) is 0 Å². The van der Waals surface area contributed by atoms with E-state index in [1.54, 1.807) is 25.3 Å². The van der Waals surface area contributed by atoms with E-state index in [0.717, 1.165) is 32.5 Å². The smallest absolute Gasteiger partial charge is 0.255 e. The first-order valence-electron chi connectivity index (χ1n) is 8.88. The predicted molar refractivity (Wildman–Crippen MR) is 103 cm³/mol. The summed E-state index contributed by atoms with van der Waals surface area (Å²) in [5, 5.41) is 3.56. The van der Waals surface area contributed by atoms with Crippen LogP contribution in [0.4, 0.5) is 0 Å². The molecule has 5 nitrogen and oxygen atoms in total. The van der Waals surface area contributed by atoms with Crippen molar-refractivity contribution >= 4 is 17.5 Å². The summed E-state index contributed by atoms with van der Waals surface area (Å²) in [5.41, 5.74) is 1.77. The van der Waals surface area contributed by atoms with E-state index in [-0.39, 0.29) is 5.91 Å². The molecule has 0 bridgehead atoms. The van der Waals surface area contributed by atoms with Crippen molar-refractivity contribution in [1.82, 2.24) is 15.2 Å². The maximum Gasteiger partial charge on any atom is 0.255 e. The number of piperidine rings is 1. The Morgan fingerprint density at radius 1 is 1.27 bits per heavy atom. The summed E-state index contributed by atoms with van der Waals surface area (Å²) in [5.74, 6) is 0.903. The van der Waals surface area contributed by atoms with Gasteiger partial charge in [-0.3, -0.25) is 14.7 Å². The average Bonchev–Trinajstić information content (AvgIpc) is 2.68. The van der Waals surface area contributed by atoms with Gasteiger partial charge in [0.05, 0.1) is 12.7 Å². The van der Waals surface area contributed by atoms with Gasteiger partial charge in [0.2, 0.25) is 0 Å². The minimum atomic E-state index is -0.136. The van der Waals surface area contributed by atoms with Gasteiger partial charge in [-0.2, -0.15) is 0 Å². The number of nitrogens with zero attached hydrogens (tertiary/aromatic N) is 2. The lowest BCUT2D eigenvalue weighted by Crippen LogP contribution is -2.38. The van der Waals surface area contributed by atoms with Crippen LogP contribution in [0.3, 0.4) is 0 Å². The quantitative estimate of drug-likeness (QED) is 0.843. The highest BCUT2D eigenvalue weighted by Crippen LogP contribution is 2.23. The zero-order chi connectivity index (χ0) is 18.4. The first-order chi connectivity index (χ1) is 12.7. The van der Waals surface area contributed by atoms with Gasteiger partial charge in [-0.05, 0) is 67.7 Å². The van der Waals surface area contributed by atoms with Crippen LogP contribution in [0.1, 0.15) is 28.8 Å². The molecule has 1 amide bonds. The predicted octanol–water partition coefficient (Wildman–Crippen LogP) is 3.39. The van der Waals surface area contributed by atoms with Gasteiger partial charge in [0, 0.05) is 30.5 Å². The van der Waals surface area contributed by atoms with Crippen LogP contribution < -0.4 is 10.1 Å². The molecule has 0 saturated carbocycles. The number of hydrogen-bond acceptors (Lipinski definition) is 4. The fourth-order valence-electron chi connectivity index (χ4n) is 3.28. The number of pyridine rings is 1. The molecule has 0 atom stereocenters. The highest BCUT2D eigenvalue weighted by molar-refractivity contribution is 6.31. The lowest BCUT2D eigenvalue weighted by Gasteiger charge is -2.32. The number of carbonyl (C=O) groups excluding carboxylic acids is 1. The number of methoxy groups -OCH3 is 1. The topological polar surface area (TPSA) is 54.5 Å². The molecular formula is C20H24ClN3O2. The molecule has 0 aliphatic carbocycles. The highest BCUT2D eigenvalue weighted by atomic mass is 35.5. The number of amides is 1. The minimum Gasteiger partial charge on any atom is -0.496 e. The Hall–Kier alpha value is -2.11. The summed E-state index contributed by atoms with van der Waals surface area (Å²) >= 11 is 6.00. The van der Waals surface area contributed by atoms with E-state index in [4.69, 9.17) is 16.3 Å². The van der Waals surface area contributed by atoms with E-state index in [2.05, 4.69) is 27.3 Å². The van der Waals surface area contributed by atoms with E-state index in [9.17, 15) is 4.79 Å². The first-order valence-corrected chi connectivity index (χ1v) is 9.26. The molecule has 2 aromatic rings. The molecule has 1 aliphatic heterocycles. The molecule has 138 valence electrons. The monoisotopic (exact) mass is 373 g/mol. The molecule has 0 radical (unpaired) electrons. The summed E-state index contributed by atoms with van der Waals surface area (Å²) in [6, 6.07) is 9.20. The number of halogens is 1. The molecule has 26 heavy (non-hydrogen) atoms. The summed E-state index contributed by atoms with van der Waals surface area (Å²) in [7, 11) is 1.55. The molecule has 0 spiro atoms. The average molecular weight is 374 g/mol. The third-order valence-corrected chi connectivity index (χ3v) is 5.06. The molecule has 1 aromatic heterocycles. The zero-order valence-electron chi connectivity index (χ0n) is 15.0. The Morgan fingerprint density at radius 3 is 2.69 bits per heavy atom. The number of rotatable bonds is 6. The maximum absolute atomic E-state index is 12.5. The van der Waals surface area contributed by atoms with Gasteiger partial charge in [-0.25, -0.2) is 0 Å². The number of aromatic nitrogens is 1. The summed E-state index contributed by atoms with van der Waals surface area (Å²) < 4.78 is 5.25. The number of likely N-dealkylation sites (tertiary alicyclic amines) is 1. The van der Waals surface area contributed by atoms with Crippen LogP contribution in [-0.2, 0) is 6.54 Å². The summed E-state index contributed by atoms with van der Waals surface area (Å²) in [4.78, 5) is 19.0. The second kappa shape index (κ2) is 9.01. The molecule has 1 saturated heterocycles. The Bertz CT molecular complexity index is 731. The van der Waals surface area contributed by atoms with Crippen LogP contribution in [0, 0.1) is 5.92 Å². The van der Waals surface area contributed by atoms with Crippen molar-refractivity contribution in [3.8, 4) is 5.75 Å². The van der Waals surface area contributed by atoms with Crippen LogP contribution in [0.5, 0.6) is 5.75 Å². The molecule has 2 heterocycles. The van der Waals surface area contributed by atoms with Gasteiger partial charge < -0.3 is 10.1 Å². The van der Waals surface area contributed by atoms with Crippen molar-refractivity contribution in [1.29, 1.82) is 0 Å². The van der Waals surface area contributed by atoms with Crippen LogP contribution in [0.25, 0.3) is 0 Å². The Labute approximate surface area is 159 Å². The fourth-order valence-corrected chi connectivity index (χ4v) is 3.46. The number of ether oxygens (including phenoxy) is 1. The second-order valence-corrected chi connectivity index (χ2v) is 7.07. The summed E-state index contributed by atoms with van der Waals surface area (Å²) in [6.07, 6.45) is 5.83. The van der Waals surface area contributed by atoms with Gasteiger partial charge in [-0.1, -0.05) is 11.6 Å². The van der Waals surface area contributed by atoms with E-state index in [1.807, 2.05) is 12.4 Å². The minimum absolute atomic E-state index is 0.136. The number of carbonyl (C=O) groups is 1. The van der Waals surface area contributed by atoms with E-state index < -0.39 is 0 Å². The molecule has 1 aromatic carbocycles. The largest absolute Gasteiger partial charge is 0.496 e. The number of hydrogen-bond donors (Lipinski definition) is 1. The third-order valence-electron chi connectivity index (χ3n) is 4.82. The van der Waals surface area contributed by atoms with Crippen molar-refractivity contribution in [2.45, 2.75) is 19.4 Å². The molecule has 3 rings (SSSR count). The molecule has 0 unspecified atom stereocenters.